The summed E-state index contributed by atoms with van der Waals surface area (Å²) in [7, 11) is -0.216. The molecule has 0 unspecified atom stereocenters. The van der Waals surface area contributed by atoms with Crippen molar-refractivity contribution in [2.75, 3.05) is 13.7 Å². The number of alkyl carbamates (subject to hydrolysis) is 1. The highest BCUT2D eigenvalue weighted by Gasteiger charge is 2.34. The zero-order valence-corrected chi connectivity index (χ0v) is 29.9. The van der Waals surface area contributed by atoms with Gasteiger partial charge in [0.1, 0.15) is 23.4 Å². The predicted octanol–water partition coefficient (Wildman–Crippen LogP) is 5.54. The number of phenols is 1. The predicted molar refractivity (Wildman–Crippen MR) is 185 cm³/mol. The van der Waals surface area contributed by atoms with Gasteiger partial charge >= 0.3 is 12.1 Å². The molecule has 3 amide bonds. The smallest absolute Gasteiger partial charge is 0.408 e. The van der Waals surface area contributed by atoms with Crippen LogP contribution in [0.25, 0.3) is 0 Å². The molecule has 0 saturated heterocycles. The minimum absolute atomic E-state index is 0.0159. The summed E-state index contributed by atoms with van der Waals surface area (Å²) < 4.78 is 22.6. The maximum absolute atomic E-state index is 14.2. The van der Waals surface area contributed by atoms with Crippen molar-refractivity contribution in [3.05, 3.63) is 83.4 Å². The van der Waals surface area contributed by atoms with Crippen LogP contribution in [0.2, 0.25) is 25.7 Å². The van der Waals surface area contributed by atoms with E-state index in [1.807, 2.05) is 0 Å². The third-order valence-corrected chi connectivity index (χ3v) is 9.20. The summed E-state index contributed by atoms with van der Waals surface area (Å²) in [5, 5.41) is 19.1. The molecule has 0 spiro atoms. The molecular formula is C36H45N3O9Si. The molecule has 0 saturated carbocycles. The average Bonchev–Trinajstić information content (AvgIpc) is 3.01. The fraction of sp³-hybridized carbons (Fsp3) is 0.389. The number of carbonyl (C=O) groups excluding carboxylic acids is 4. The lowest BCUT2D eigenvalue weighted by molar-refractivity contribution is -0.148. The molecule has 4 bridgehead atoms. The molecule has 2 aliphatic rings. The molecule has 12 nitrogen and oxygen atoms in total. The SMILES string of the molecule is COc1c(O)cc2cc1Oc1ccc(cc1)C[C@@H](NC(=O)OC(C)(C)C)C(=O)N[C@H](c1ccccc1)C(=O)N[C@@H]2C(=O)OCC[Si](C)(C)C. The molecule has 5 rings (SSSR count). The first-order valence-corrected chi connectivity index (χ1v) is 19.7. The van der Waals surface area contributed by atoms with Crippen molar-refractivity contribution in [3.8, 4) is 23.0 Å². The van der Waals surface area contributed by atoms with Gasteiger partial charge in [-0.3, -0.25) is 9.59 Å². The Morgan fingerprint density at radius 1 is 0.959 bits per heavy atom. The van der Waals surface area contributed by atoms with Gasteiger partial charge in [-0.2, -0.15) is 0 Å². The number of hydrogen-bond donors (Lipinski definition) is 4. The van der Waals surface area contributed by atoms with E-state index in [0.717, 1.165) is 0 Å². The maximum Gasteiger partial charge on any atom is 0.408 e. The van der Waals surface area contributed by atoms with Gasteiger partial charge in [-0.15, -0.1) is 0 Å². The third kappa shape index (κ3) is 10.5. The highest BCUT2D eigenvalue weighted by molar-refractivity contribution is 6.76. The maximum atomic E-state index is 14.2. The van der Waals surface area contributed by atoms with E-state index in [0.29, 0.717) is 22.9 Å². The Kier molecular flexibility index (Phi) is 11.6. The lowest BCUT2D eigenvalue weighted by Gasteiger charge is -2.27. The molecular weight excluding hydrogens is 646 g/mol. The highest BCUT2D eigenvalue weighted by Crippen LogP contribution is 2.42. The number of amides is 3. The third-order valence-electron chi connectivity index (χ3n) is 7.49. The van der Waals surface area contributed by atoms with E-state index in [-0.39, 0.29) is 35.8 Å². The lowest BCUT2D eigenvalue weighted by Crippen LogP contribution is -2.52. The van der Waals surface area contributed by atoms with Gasteiger partial charge in [0.15, 0.2) is 17.5 Å². The number of aromatic hydroxyl groups is 1. The zero-order valence-electron chi connectivity index (χ0n) is 28.9. The number of phenolic OH excluding ortho intramolecular Hbond substituents is 1. The average molecular weight is 692 g/mol. The quantitative estimate of drug-likeness (QED) is 0.184. The molecule has 3 aromatic rings. The van der Waals surface area contributed by atoms with Crippen molar-refractivity contribution in [2.45, 2.75) is 76.6 Å². The van der Waals surface area contributed by atoms with Crippen LogP contribution in [0, 0.1) is 0 Å². The van der Waals surface area contributed by atoms with Gasteiger partial charge in [-0.25, -0.2) is 9.59 Å². The molecule has 0 aromatic heterocycles. The van der Waals surface area contributed by atoms with Crippen molar-refractivity contribution >= 4 is 32.0 Å². The van der Waals surface area contributed by atoms with Crippen LogP contribution in [-0.2, 0) is 30.3 Å². The van der Waals surface area contributed by atoms with Crippen molar-refractivity contribution in [1.82, 2.24) is 16.0 Å². The Morgan fingerprint density at radius 3 is 2.24 bits per heavy atom. The van der Waals surface area contributed by atoms with Crippen molar-refractivity contribution in [2.24, 2.45) is 0 Å². The summed E-state index contributed by atoms with van der Waals surface area (Å²) in [6, 6.07) is 14.8. The molecule has 49 heavy (non-hydrogen) atoms. The topological polar surface area (TPSA) is 162 Å². The number of carbonyl (C=O) groups is 4. The van der Waals surface area contributed by atoms with Crippen molar-refractivity contribution in [1.29, 1.82) is 0 Å². The van der Waals surface area contributed by atoms with Crippen LogP contribution in [0.1, 0.15) is 49.5 Å². The number of rotatable bonds is 7. The summed E-state index contributed by atoms with van der Waals surface area (Å²) in [4.78, 5) is 54.7. The number of hydrogen-bond acceptors (Lipinski definition) is 9. The summed E-state index contributed by atoms with van der Waals surface area (Å²) in [6.07, 6.45) is -0.769. The first kappa shape index (κ1) is 36.8. The minimum atomic E-state index is -1.58. The van der Waals surface area contributed by atoms with E-state index in [9.17, 15) is 24.3 Å². The molecule has 3 atom stereocenters. The van der Waals surface area contributed by atoms with Gasteiger partial charge in [0.05, 0.1) is 13.7 Å². The fourth-order valence-corrected chi connectivity index (χ4v) is 5.72. The molecule has 0 aliphatic carbocycles. The Morgan fingerprint density at radius 2 is 1.63 bits per heavy atom. The number of ether oxygens (including phenoxy) is 4. The Labute approximate surface area is 287 Å². The van der Waals surface area contributed by atoms with Gasteiger partial charge in [-0.1, -0.05) is 62.1 Å². The van der Waals surface area contributed by atoms with Crippen LogP contribution >= 0.6 is 0 Å². The molecule has 0 fully saturated rings. The van der Waals surface area contributed by atoms with E-state index in [2.05, 4.69) is 35.6 Å². The number of fused-ring (bicyclic) bond motifs is 9. The van der Waals surface area contributed by atoms with Gasteiger partial charge in [0, 0.05) is 14.5 Å². The molecule has 262 valence electrons. The van der Waals surface area contributed by atoms with E-state index < -0.39 is 55.7 Å². The standard InChI is InChI=1S/C36H45N3O9Si/c1-36(2,3)48-35(44)37-26-19-22-13-15-25(16-14-22)47-28-21-24(20-27(40)31(28)45-4)30(34(43)46-17-18-49(5,6)7)39-33(42)29(38-32(26)41)23-11-9-8-10-12-23/h8-16,20-21,26,29-30,40H,17-19H2,1-7H3,(H,37,44)(H,38,41)(H,39,42)/t26-,29-,30+/m1/s1. The van der Waals surface area contributed by atoms with Crippen LogP contribution in [0.15, 0.2) is 66.7 Å². The minimum Gasteiger partial charge on any atom is -0.504 e. The molecule has 13 heteroatoms. The molecule has 2 aliphatic heterocycles. The van der Waals surface area contributed by atoms with Crippen LogP contribution in [0.4, 0.5) is 4.79 Å². The summed E-state index contributed by atoms with van der Waals surface area (Å²) >= 11 is 0. The Balaban J connectivity index is 1.83. The summed E-state index contributed by atoms with van der Waals surface area (Å²) in [5.74, 6) is -2.04. The Hall–Kier alpha value is -5.04. The molecule has 0 radical (unpaired) electrons. The lowest BCUT2D eigenvalue weighted by atomic mass is 10.0. The number of methoxy groups -OCH3 is 1. The van der Waals surface area contributed by atoms with E-state index in [4.69, 9.17) is 18.9 Å². The zero-order chi connectivity index (χ0) is 35.9. The summed E-state index contributed by atoms with van der Waals surface area (Å²) in [6.45, 7) is 11.7. The second-order valence-corrected chi connectivity index (χ2v) is 19.6. The summed E-state index contributed by atoms with van der Waals surface area (Å²) in [5.41, 5.74) is 0.420. The molecule has 3 aromatic carbocycles. The number of benzene rings is 3. The van der Waals surface area contributed by atoms with E-state index in [1.165, 1.54) is 19.2 Å². The second-order valence-electron chi connectivity index (χ2n) is 14.0. The number of nitrogens with one attached hydrogen (secondary N) is 3. The van der Waals surface area contributed by atoms with Crippen LogP contribution < -0.4 is 25.4 Å². The second kappa shape index (κ2) is 15.5. The molecule has 2 heterocycles. The van der Waals surface area contributed by atoms with Crippen LogP contribution in [0.3, 0.4) is 0 Å². The van der Waals surface area contributed by atoms with Crippen LogP contribution in [0.5, 0.6) is 23.0 Å². The highest BCUT2D eigenvalue weighted by atomic mass is 28.3. The van der Waals surface area contributed by atoms with Gasteiger partial charge < -0.3 is 40.0 Å². The first-order valence-electron chi connectivity index (χ1n) is 16.0. The largest absolute Gasteiger partial charge is 0.504 e. The first-order chi connectivity index (χ1) is 23.0. The van der Waals surface area contributed by atoms with Gasteiger partial charge in [0.2, 0.25) is 17.6 Å². The normalized spacial score (nSPS) is 18.4. The van der Waals surface area contributed by atoms with E-state index in [1.54, 1.807) is 75.4 Å². The van der Waals surface area contributed by atoms with Gasteiger partial charge in [0.25, 0.3) is 0 Å². The van der Waals surface area contributed by atoms with Crippen LogP contribution in [-0.4, -0.2) is 62.4 Å². The van der Waals surface area contributed by atoms with E-state index >= 15 is 0 Å². The fourth-order valence-electron chi connectivity index (χ4n) is 5.00. The van der Waals surface area contributed by atoms with Crippen molar-refractivity contribution < 1.29 is 43.2 Å². The monoisotopic (exact) mass is 691 g/mol. The van der Waals surface area contributed by atoms with Crippen molar-refractivity contribution in [3.63, 3.8) is 0 Å². The Bertz CT molecular complexity index is 1650. The molecule has 4 N–H and O–H groups in total. The van der Waals surface area contributed by atoms with Gasteiger partial charge in [-0.05, 0) is 67.8 Å². The number of esters is 1.